The van der Waals surface area contributed by atoms with Crippen LogP contribution in [0.25, 0.3) is 5.69 Å². The molecule has 1 aromatic carbocycles. The van der Waals surface area contributed by atoms with E-state index in [0.717, 1.165) is 17.1 Å². The Kier molecular flexibility index (Phi) is 4.31. The fourth-order valence-corrected chi connectivity index (χ4v) is 1.66. The third-order valence-corrected chi connectivity index (χ3v) is 2.26. The van der Waals surface area contributed by atoms with Gasteiger partial charge < -0.3 is 4.90 Å². The molecule has 0 fully saturated rings. The number of para-hydroxylation sites is 1. The van der Waals surface area contributed by atoms with E-state index in [-0.39, 0.29) is 21.1 Å². The molecule has 2 aromatic rings. The molecule has 88 valence electrons. The molecule has 1 aromatic heterocycles. The zero-order valence-corrected chi connectivity index (χ0v) is 11.8. The van der Waals surface area contributed by atoms with E-state index in [9.17, 15) is 0 Å². The van der Waals surface area contributed by atoms with E-state index in [1.165, 1.54) is 0 Å². The molecule has 3 nitrogen and oxygen atoms in total. The molecule has 0 aliphatic carbocycles. The van der Waals surface area contributed by atoms with Gasteiger partial charge in [0.1, 0.15) is 5.82 Å². The Labute approximate surface area is 110 Å². The summed E-state index contributed by atoms with van der Waals surface area (Å²) in [5.74, 6) is 1.09. The van der Waals surface area contributed by atoms with Crippen molar-refractivity contribution in [1.29, 1.82) is 0 Å². The summed E-state index contributed by atoms with van der Waals surface area (Å²) in [5, 5.41) is 4.35. The molecule has 0 spiro atoms. The van der Waals surface area contributed by atoms with Gasteiger partial charge in [-0.2, -0.15) is 29.4 Å². The third kappa shape index (κ3) is 2.35. The van der Waals surface area contributed by atoms with Gasteiger partial charge in [0.05, 0.1) is 6.20 Å². The predicted molar refractivity (Wildman–Crippen MR) is 61.5 cm³/mol. The Balaban J connectivity index is 0.00000128. The topological polar surface area (TPSA) is 21.1 Å². The van der Waals surface area contributed by atoms with Crippen molar-refractivity contribution in [2.45, 2.75) is 6.92 Å². The van der Waals surface area contributed by atoms with E-state index in [4.69, 9.17) is 0 Å². The second kappa shape index (κ2) is 5.31. The molecule has 0 aliphatic heterocycles. The molecule has 1 heterocycles. The van der Waals surface area contributed by atoms with Gasteiger partial charge in [0.25, 0.3) is 0 Å². The summed E-state index contributed by atoms with van der Waals surface area (Å²) in [5.41, 5.74) is 2.13. The monoisotopic (exact) mass is 395 g/mol. The first-order chi connectivity index (χ1) is 7.20. The number of rotatable bonds is 2. The van der Waals surface area contributed by atoms with E-state index in [2.05, 4.69) is 23.0 Å². The van der Waals surface area contributed by atoms with Crippen molar-refractivity contribution in [1.82, 2.24) is 9.78 Å². The first-order valence-electron chi connectivity index (χ1n) is 4.89. The molecule has 0 saturated heterocycles. The molecule has 0 bridgehead atoms. The minimum atomic E-state index is 0. The Morgan fingerprint density at radius 1 is 1.31 bits per heavy atom. The van der Waals surface area contributed by atoms with E-state index in [1.807, 2.05) is 49.2 Å². The van der Waals surface area contributed by atoms with E-state index >= 15 is 0 Å². The summed E-state index contributed by atoms with van der Waals surface area (Å²) in [6.45, 7) is 2.06. The smallest absolute Gasteiger partial charge is 0.132 e. The van der Waals surface area contributed by atoms with Crippen molar-refractivity contribution in [3.63, 3.8) is 0 Å². The molecule has 0 amide bonds. The maximum absolute atomic E-state index is 4.35. The van der Waals surface area contributed by atoms with Crippen LogP contribution in [0, 0.1) is 13.0 Å². The van der Waals surface area contributed by atoms with Crippen LogP contribution in [0.1, 0.15) is 5.56 Å². The first-order valence-corrected chi connectivity index (χ1v) is 4.89. The maximum atomic E-state index is 4.35. The zero-order chi connectivity index (χ0) is 10.8. The Bertz CT molecular complexity index is 449. The van der Waals surface area contributed by atoms with Crippen molar-refractivity contribution in [3.05, 3.63) is 42.1 Å². The van der Waals surface area contributed by atoms with Gasteiger partial charge in [0.15, 0.2) is 0 Å². The number of nitrogens with zero attached hydrogens (tertiary/aromatic N) is 3. The van der Waals surface area contributed by atoms with E-state index in [0.29, 0.717) is 0 Å². The SMILES string of the molecule is Cc1cnn(-c2[c-]cccc2)c1N(C)C.[Pt]. The molecular formula is C12H14N3Pt-. The van der Waals surface area contributed by atoms with Crippen LogP contribution in [0.5, 0.6) is 0 Å². The standard InChI is InChI=1S/C12H14N3.Pt/c1-10-9-13-15(12(10)14(2)3)11-7-5-4-6-8-11;/h4-7,9H,1-3H3;/q-1;. The molecule has 0 unspecified atom stereocenters. The number of aromatic nitrogens is 2. The quantitative estimate of drug-likeness (QED) is 0.726. The van der Waals surface area contributed by atoms with Crippen molar-refractivity contribution in [2.75, 3.05) is 19.0 Å². The van der Waals surface area contributed by atoms with Gasteiger partial charge in [-0.3, -0.25) is 0 Å². The molecule has 16 heavy (non-hydrogen) atoms. The average Bonchev–Trinajstić information content (AvgIpc) is 2.61. The molecule has 0 N–H and O–H groups in total. The number of anilines is 1. The van der Waals surface area contributed by atoms with Crippen molar-refractivity contribution < 1.29 is 21.1 Å². The first kappa shape index (κ1) is 13.0. The fraction of sp³-hybridized carbons (Fsp3) is 0.250. The molecular weight excluding hydrogens is 381 g/mol. The van der Waals surface area contributed by atoms with Gasteiger partial charge in [0, 0.05) is 40.7 Å². The van der Waals surface area contributed by atoms with Crippen LogP contribution in [0.15, 0.2) is 30.5 Å². The van der Waals surface area contributed by atoms with Gasteiger partial charge in [-0.25, -0.2) is 4.68 Å². The molecule has 0 aliphatic rings. The molecule has 2 rings (SSSR count). The average molecular weight is 395 g/mol. The van der Waals surface area contributed by atoms with Crippen LogP contribution >= 0.6 is 0 Å². The van der Waals surface area contributed by atoms with Gasteiger partial charge >= 0.3 is 0 Å². The van der Waals surface area contributed by atoms with Gasteiger partial charge in [-0.05, 0) is 12.6 Å². The predicted octanol–water partition coefficient (Wildman–Crippen LogP) is 2.04. The van der Waals surface area contributed by atoms with Crippen LogP contribution in [0.2, 0.25) is 0 Å². The molecule has 0 saturated carbocycles. The van der Waals surface area contributed by atoms with Crippen molar-refractivity contribution in [3.8, 4) is 5.69 Å². The van der Waals surface area contributed by atoms with Gasteiger partial charge in [-0.1, -0.05) is 0 Å². The number of aryl methyl sites for hydroxylation is 1. The fourth-order valence-electron chi connectivity index (χ4n) is 1.66. The summed E-state index contributed by atoms with van der Waals surface area (Å²) >= 11 is 0. The second-order valence-corrected chi connectivity index (χ2v) is 3.71. The van der Waals surface area contributed by atoms with Crippen LogP contribution in [0.3, 0.4) is 0 Å². The molecule has 4 heteroatoms. The van der Waals surface area contributed by atoms with Crippen LogP contribution in [0.4, 0.5) is 5.82 Å². The Hall–Kier alpha value is -1.08. The number of benzene rings is 1. The maximum Gasteiger partial charge on any atom is 0.132 e. The Morgan fingerprint density at radius 3 is 2.62 bits per heavy atom. The molecule has 0 atom stereocenters. The van der Waals surface area contributed by atoms with E-state index < -0.39 is 0 Å². The second-order valence-electron chi connectivity index (χ2n) is 3.71. The minimum Gasteiger partial charge on any atom is -0.362 e. The van der Waals surface area contributed by atoms with Crippen LogP contribution < -0.4 is 4.90 Å². The van der Waals surface area contributed by atoms with Gasteiger partial charge in [-0.15, -0.1) is 6.07 Å². The largest absolute Gasteiger partial charge is 0.362 e. The number of hydrogen-bond acceptors (Lipinski definition) is 2. The summed E-state index contributed by atoms with van der Waals surface area (Å²) in [6.07, 6.45) is 1.87. The van der Waals surface area contributed by atoms with E-state index in [1.54, 1.807) is 0 Å². The van der Waals surface area contributed by atoms with Gasteiger partial charge in [0.2, 0.25) is 0 Å². The summed E-state index contributed by atoms with van der Waals surface area (Å²) < 4.78 is 1.90. The van der Waals surface area contributed by atoms with Crippen molar-refractivity contribution in [2.24, 2.45) is 0 Å². The Morgan fingerprint density at radius 2 is 2.06 bits per heavy atom. The van der Waals surface area contributed by atoms with Crippen LogP contribution in [-0.4, -0.2) is 23.9 Å². The summed E-state index contributed by atoms with van der Waals surface area (Å²) in [6, 6.07) is 11.0. The number of hydrogen-bond donors (Lipinski definition) is 0. The zero-order valence-electron chi connectivity index (χ0n) is 9.54. The normalized spacial score (nSPS) is 9.69. The van der Waals surface area contributed by atoms with Crippen molar-refractivity contribution >= 4 is 5.82 Å². The minimum absolute atomic E-state index is 0. The summed E-state index contributed by atoms with van der Waals surface area (Å²) in [7, 11) is 4.03. The summed E-state index contributed by atoms with van der Waals surface area (Å²) in [4.78, 5) is 2.06. The molecule has 0 radical (unpaired) electrons. The van der Waals surface area contributed by atoms with Crippen LogP contribution in [-0.2, 0) is 21.1 Å². The third-order valence-electron chi connectivity index (χ3n) is 2.26.